The molecule has 1 heterocycles. The number of non-ortho nitro benzene ring substituents is 1. The standard InChI is InChI=1S/C16H16N2O6/c1-9-14(16(20)23-3)10(2)17-15(9)13(19)8-24-12-6-4-5-11(7-12)18(21)22/h4-7,17H,8H2,1-3H3. The highest BCUT2D eigenvalue weighted by molar-refractivity contribution is 6.02. The fourth-order valence-electron chi connectivity index (χ4n) is 2.34. The van der Waals surface area contributed by atoms with Crippen molar-refractivity contribution in [3.05, 3.63) is 56.9 Å². The lowest BCUT2D eigenvalue weighted by Gasteiger charge is -2.05. The smallest absolute Gasteiger partial charge is 0.339 e. The van der Waals surface area contributed by atoms with Crippen molar-refractivity contribution < 1.29 is 24.0 Å². The lowest BCUT2D eigenvalue weighted by atomic mass is 10.1. The monoisotopic (exact) mass is 332 g/mol. The molecule has 126 valence electrons. The normalized spacial score (nSPS) is 10.3. The van der Waals surface area contributed by atoms with Crippen molar-refractivity contribution in [2.75, 3.05) is 13.7 Å². The van der Waals surface area contributed by atoms with Gasteiger partial charge in [-0.2, -0.15) is 0 Å². The summed E-state index contributed by atoms with van der Waals surface area (Å²) in [7, 11) is 1.27. The Hall–Kier alpha value is -3.16. The molecule has 0 aliphatic heterocycles. The van der Waals surface area contributed by atoms with Gasteiger partial charge in [-0.1, -0.05) is 6.07 Å². The number of carbonyl (C=O) groups excluding carboxylic acids is 2. The fourth-order valence-corrected chi connectivity index (χ4v) is 2.34. The predicted molar refractivity (Wildman–Crippen MR) is 84.5 cm³/mol. The van der Waals surface area contributed by atoms with Crippen LogP contribution in [0.25, 0.3) is 0 Å². The minimum atomic E-state index is -0.546. The van der Waals surface area contributed by atoms with Crippen LogP contribution in [-0.4, -0.2) is 35.4 Å². The van der Waals surface area contributed by atoms with Gasteiger partial charge in [-0.05, 0) is 25.5 Å². The van der Waals surface area contributed by atoms with Crippen LogP contribution in [0.5, 0.6) is 5.75 Å². The maximum atomic E-state index is 12.3. The van der Waals surface area contributed by atoms with E-state index in [1.165, 1.54) is 31.4 Å². The Morgan fingerprint density at radius 3 is 2.62 bits per heavy atom. The van der Waals surface area contributed by atoms with Crippen molar-refractivity contribution in [1.29, 1.82) is 0 Å². The number of aromatic nitrogens is 1. The number of esters is 1. The SMILES string of the molecule is COC(=O)c1c(C)[nH]c(C(=O)COc2cccc([N+](=O)[O-])c2)c1C. The molecule has 0 saturated heterocycles. The van der Waals surface area contributed by atoms with Crippen molar-refractivity contribution in [2.24, 2.45) is 0 Å². The van der Waals surface area contributed by atoms with Crippen LogP contribution < -0.4 is 4.74 Å². The van der Waals surface area contributed by atoms with E-state index in [9.17, 15) is 19.7 Å². The molecule has 0 bridgehead atoms. The molecule has 2 aromatic rings. The average Bonchev–Trinajstić information content (AvgIpc) is 2.87. The minimum absolute atomic E-state index is 0.125. The minimum Gasteiger partial charge on any atom is -0.485 e. The molecule has 1 aromatic heterocycles. The van der Waals surface area contributed by atoms with Crippen LogP contribution >= 0.6 is 0 Å². The second-order valence-electron chi connectivity index (χ2n) is 5.08. The van der Waals surface area contributed by atoms with E-state index in [0.717, 1.165) is 0 Å². The predicted octanol–water partition coefficient (Wildman–Crippen LogP) is 2.59. The molecule has 2 rings (SSSR count). The summed E-state index contributed by atoms with van der Waals surface area (Å²) in [5.74, 6) is -0.691. The second kappa shape index (κ2) is 6.95. The highest BCUT2D eigenvalue weighted by atomic mass is 16.6. The Morgan fingerprint density at radius 1 is 1.29 bits per heavy atom. The molecule has 0 aliphatic carbocycles. The van der Waals surface area contributed by atoms with E-state index in [-0.39, 0.29) is 29.5 Å². The van der Waals surface area contributed by atoms with Gasteiger partial charge in [-0.15, -0.1) is 0 Å². The molecule has 1 aromatic carbocycles. The number of aromatic amines is 1. The number of ketones is 1. The molecule has 0 aliphatic rings. The molecule has 0 unspecified atom stereocenters. The van der Waals surface area contributed by atoms with E-state index < -0.39 is 10.9 Å². The summed E-state index contributed by atoms with van der Waals surface area (Å²) in [4.78, 5) is 37.0. The molecule has 8 nitrogen and oxygen atoms in total. The molecular formula is C16H16N2O6. The van der Waals surface area contributed by atoms with Crippen molar-refractivity contribution in [3.63, 3.8) is 0 Å². The number of hydrogen-bond acceptors (Lipinski definition) is 6. The first kappa shape index (κ1) is 17.2. The number of carbonyl (C=O) groups is 2. The largest absolute Gasteiger partial charge is 0.485 e. The number of aryl methyl sites for hydroxylation is 1. The molecule has 0 spiro atoms. The zero-order valence-electron chi connectivity index (χ0n) is 13.4. The summed E-state index contributed by atoms with van der Waals surface area (Å²) in [5, 5.41) is 10.7. The van der Waals surface area contributed by atoms with Gasteiger partial charge in [0.05, 0.1) is 29.4 Å². The van der Waals surface area contributed by atoms with Crippen LogP contribution in [0.2, 0.25) is 0 Å². The number of rotatable bonds is 6. The third-order valence-electron chi connectivity index (χ3n) is 3.50. The van der Waals surface area contributed by atoms with Gasteiger partial charge in [0.1, 0.15) is 5.75 Å². The third-order valence-corrected chi connectivity index (χ3v) is 3.50. The quantitative estimate of drug-likeness (QED) is 0.376. The Kier molecular flexibility index (Phi) is 4.98. The summed E-state index contributed by atoms with van der Waals surface area (Å²) in [6.45, 7) is 2.98. The van der Waals surface area contributed by atoms with Crippen LogP contribution in [0.1, 0.15) is 32.1 Å². The summed E-state index contributed by atoms with van der Waals surface area (Å²) >= 11 is 0. The van der Waals surface area contributed by atoms with Crippen LogP contribution in [0.3, 0.4) is 0 Å². The first-order valence-electron chi connectivity index (χ1n) is 7.03. The fraction of sp³-hybridized carbons (Fsp3) is 0.250. The first-order chi connectivity index (χ1) is 11.3. The zero-order chi connectivity index (χ0) is 17.9. The molecule has 24 heavy (non-hydrogen) atoms. The Morgan fingerprint density at radius 2 is 2.00 bits per heavy atom. The first-order valence-corrected chi connectivity index (χ1v) is 7.03. The summed E-state index contributed by atoms with van der Waals surface area (Å²) in [6.07, 6.45) is 0. The number of hydrogen-bond donors (Lipinski definition) is 1. The Labute approximate surface area is 137 Å². The Bertz CT molecular complexity index is 809. The molecule has 0 atom stereocenters. The number of nitrogens with zero attached hydrogens (tertiary/aromatic N) is 1. The van der Waals surface area contributed by atoms with Gasteiger partial charge in [0, 0.05) is 11.8 Å². The molecule has 8 heteroatoms. The maximum absolute atomic E-state index is 12.3. The van der Waals surface area contributed by atoms with E-state index in [1.807, 2.05) is 0 Å². The van der Waals surface area contributed by atoms with Gasteiger partial charge >= 0.3 is 5.97 Å². The number of benzene rings is 1. The number of H-pyrrole nitrogens is 1. The highest BCUT2D eigenvalue weighted by Crippen LogP contribution is 2.21. The lowest BCUT2D eigenvalue weighted by Crippen LogP contribution is -2.13. The van der Waals surface area contributed by atoms with Crippen molar-refractivity contribution >= 4 is 17.4 Å². The number of ether oxygens (including phenoxy) is 2. The van der Waals surface area contributed by atoms with Crippen LogP contribution in [0, 0.1) is 24.0 Å². The van der Waals surface area contributed by atoms with Crippen LogP contribution in [-0.2, 0) is 4.74 Å². The number of nitro groups is 1. The number of Topliss-reactive ketones (excluding diaryl/α,β-unsaturated/α-hetero) is 1. The number of nitrogens with one attached hydrogen (secondary N) is 1. The van der Waals surface area contributed by atoms with Gasteiger partial charge in [0.2, 0.25) is 5.78 Å². The molecule has 0 radical (unpaired) electrons. The van der Waals surface area contributed by atoms with Gasteiger partial charge < -0.3 is 14.5 Å². The van der Waals surface area contributed by atoms with E-state index in [1.54, 1.807) is 13.8 Å². The molecule has 1 N–H and O–H groups in total. The van der Waals surface area contributed by atoms with E-state index >= 15 is 0 Å². The van der Waals surface area contributed by atoms with E-state index in [2.05, 4.69) is 4.98 Å². The number of methoxy groups -OCH3 is 1. The lowest BCUT2D eigenvalue weighted by molar-refractivity contribution is -0.384. The van der Waals surface area contributed by atoms with Crippen molar-refractivity contribution in [3.8, 4) is 5.75 Å². The maximum Gasteiger partial charge on any atom is 0.339 e. The van der Waals surface area contributed by atoms with Crippen LogP contribution in [0.15, 0.2) is 24.3 Å². The summed E-state index contributed by atoms with van der Waals surface area (Å²) < 4.78 is 10.0. The highest BCUT2D eigenvalue weighted by Gasteiger charge is 2.22. The van der Waals surface area contributed by atoms with Gasteiger partial charge in [0.15, 0.2) is 6.61 Å². The summed E-state index contributed by atoms with van der Waals surface area (Å²) in [6, 6.07) is 5.56. The van der Waals surface area contributed by atoms with Crippen molar-refractivity contribution in [2.45, 2.75) is 13.8 Å². The molecular weight excluding hydrogens is 316 g/mol. The third kappa shape index (κ3) is 3.43. The van der Waals surface area contributed by atoms with Gasteiger partial charge in [0.25, 0.3) is 5.69 Å². The average molecular weight is 332 g/mol. The van der Waals surface area contributed by atoms with Crippen LogP contribution in [0.4, 0.5) is 5.69 Å². The Balaban J connectivity index is 2.15. The van der Waals surface area contributed by atoms with E-state index in [4.69, 9.17) is 9.47 Å². The molecule has 0 fully saturated rings. The van der Waals surface area contributed by atoms with Crippen molar-refractivity contribution in [1.82, 2.24) is 4.98 Å². The van der Waals surface area contributed by atoms with E-state index in [0.29, 0.717) is 16.8 Å². The van der Waals surface area contributed by atoms with Gasteiger partial charge in [-0.3, -0.25) is 14.9 Å². The summed E-state index contributed by atoms with van der Waals surface area (Å²) in [5.41, 5.74) is 1.44. The second-order valence-corrected chi connectivity index (χ2v) is 5.08. The topological polar surface area (TPSA) is 112 Å². The molecule has 0 saturated carbocycles. The number of nitro benzene ring substituents is 1. The zero-order valence-corrected chi connectivity index (χ0v) is 13.4. The molecule has 0 amide bonds. The van der Waals surface area contributed by atoms with Gasteiger partial charge in [-0.25, -0.2) is 4.79 Å².